The van der Waals surface area contributed by atoms with Gasteiger partial charge < -0.3 is 10.2 Å². The summed E-state index contributed by atoms with van der Waals surface area (Å²) in [6.45, 7) is 13.1. The lowest BCUT2D eigenvalue weighted by molar-refractivity contribution is 0.423. The van der Waals surface area contributed by atoms with Gasteiger partial charge >= 0.3 is 0 Å². The highest BCUT2D eigenvalue weighted by Crippen LogP contribution is 2.22. The minimum Gasteiger partial charge on any atom is -0.372 e. The average molecular weight is 252 g/mol. The summed E-state index contributed by atoms with van der Waals surface area (Å²) in [6.07, 6.45) is 0. The lowest BCUT2D eigenvalue weighted by atomic mass is 10.1. The van der Waals surface area contributed by atoms with Crippen molar-refractivity contribution in [1.82, 2.24) is 5.32 Å². The molecule has 0 saturated carbocycles. The van der Waals surface area contributed by atoms with Crippen LogP contribution in [-0.2, 0) is 6.54 Å². The van der Waals surface area contributed by atoms with Crippen LogP contribution in [0.25, 0.3) is 0 Å². The van der Waals surface area contributed by atoms with Crippen LogP contribution in [0.15, 0.2) is 18.2 Å². The lowest BCUT2D eigenvalue weighted by Gasteiger charge is -2.26. The molecule has 1 aromatic rings. The van der Waals surface area contributed by atoms with Gasteiger partial charge in [0.05, 0.1) is 0 Å². The summed E-state index contributed by atoms with van der Waals surface area (Å²) in [5.41, 5.74) is 2.18. The molecule has 0 aromatic heterocycles. The maximum Gasteiger partial charge on any atom is 0.123 e. The highest BCUT2D eigenvalue weighted by molar-refractivity contribution is 5.53. The van der Waals surface area contributed by atoms with Crippen molar-refractivity contribution in [3.05, 3.63) is 29.6 Å². The van der Waals surface area contributed by atoms with E-state index >= 15 is 0 Å². The summed E-state index contributed by atoms with van der Waals surface area (Å²) in [7, 11) is 0. The van der Waals surface area contributed by atoms with Gasteiger partial charge in [-0.25, -0.2) is 4.39 Å². The highest BCUT2D eigenvalue weighted by Gasteiger charge is 2.13. The van der Waals surface area contributed by atoms with Crippen LogP contribution in [0.5, 0.6) is 0 Å². The van der Waals surface area contributed by atoms with E-state index in [2.05, 4.69) is 44.8 Å². The van der Waals surface area contributed by atoms with Crippen LogP contribution in [0.1, 0.15) is 40.2 Å². The third kappa shape index (κ3) is 4.30. The van der Waals surface area contributed by atoms with Gasteiger partial charge in [0.25, 0.3) is 0 Å². The molecule has 0 unspecified atom stereocenters. The van der Waals surface area contributed by atoms with E-state index in [0.717, 1.165) is 24.3 Å². The van der Waals surface area contributed by atoms with Crippen LogP contribution in [0, 0.1) is 5.82 Å². The van der Waals surface area contributed by atoms with Crippen molar-refractivity contribution in [1.29, 1.82) is 0 Å². The van der Waals surface area contributed by atoms with Gasteiger partial charge in [0.2, 0.25) is 0 Å². The molecule has 0 aliphatic heterocycles. The van der Waals surface area contributed by atoms with Crippen molar-refractivity contribution in [3.8, 4) is 0 Å². The molecule has 0 aliphatic carbocycles. The Morgan fingerprint density at radius 1 is 1.17 bits per heavy atom. The Bertz CT molecular complexity index is 379. The number of halogens is 1. The molecule has 3 heteroatoms. The van der Waals surface area contributed by atoms with E-state index in [1.807, 2.05) is 6.07 Å². The van der Waals surface area contributed by atoms with Crippen molar-refractivity contribution in [3.63, 3.8) is 0 Å². The monoisotopic (exact) mass is 252 g/mol. The van der Waals surface area contributed by atoms with Crippen LogP contribution in [0.2, 0.25) is 0 Å². The zero-order chi connectivity index (χ0) is 13.8. The minimum absolute atomic E-state index is 0.0346. The molecule has 0 heterocycles. The minimum atomic E-state index is -0.170. The van der Waals surface area contributed by atoms with E-state index < -0.39 is 0 Å². The SMILES string of the molecule is CCN(CC)c1ccc(F)cc1CNC(C)(C)C. The first-order valence-corrected chi connectivity index (χ1v) is 6.65. The Kier molecular flexibility index (Phi) is 5.15. The second kappa shape index (κ2) is 6.19. The van der Waals surface area contributed by atoms with Crippen molar-refractivity contribution >= 4 is 5.69 Å². The number of nitrogens with one attached hydrogen (secondary N) is 1. The summed E-state index contributed by atoms with van der Waals surface area (Å²) in [5.74, 6) is -0.170. The first kappa shape index (κ1) is 15.0. The maximum absolute atomic E-state index is 13.4. The van der Waals surface area contributed by atoms with Crippen LogP contribution < -0.4 is 10.2 Å². The van der Waals surface area contributed by atoms with Gasteiger partial charge in [-0.2, -0.15) is 0 Å². The molecule has 0 amide bonds. The molecule has 0 bridgehead atoms. The maximum atomic E-state index is 13.4. The summed E-state index contributed by atoms with van der Waals surface area (Å²) in [6, 6.07) is 5.04. The van der Waals surface area contributed by atoms with E-state index in [0.29, 0.717) is 6.54 Å². The molecule has 2 nitrogen and oxygen atoms in total. The summed E-state index contributed by atoms with van der Waals surface area (Å²) in [5, 5.41) is 3.42. The van der Waals surface area contributed by atoms with Gasteiger partial charge in [-0.3, -0.25) is 0 Å². The molecule has 102 valence electrons. The van der Waals surface area contributed by atoms with Gasteiger partial charge in [0.1, 0.15) is 5.82 Å². The molecule has 0 aliphatic rings. The van der Waals surface area contributed by atoms with Crippen molar-refractivity contribution in [2.45, 2.75) is 46.7 Å². The molecule has 0 fully saturated rings. The quantitative estimate of drug-likeness (QED) is 0.862. The first-order chi connectivity index (χ1) is 8.37. The molecule has 1 rings (SSSR count). The van der Waals surface area contributed by atoms with Crippen LogP contribution >= 0.6 is 0 Å². The molecule has 1 aromatic carbocycles. The molecule has 18 heavy (non-hydrogen) atoms. The van der Waals surface area contributed by atoms with Crippen molar-refractivity contribution in [2.75, 3.05) is 18.0 Å². The standard InChI is InChI=1S/C15H25FN2/c1-6-18(7-2)14-9-8-13(16)10-12(14)11-17-15(3,4)5/h8-10,17H,6-7,11H2,1-5H3. The number of hydrogen-bond acceptors (Lipinski definition) is 2. The smallest absolute Gasteiger partial charge is 0.123 e. The Hall–Kier alpha value is -1.09. The fraction of sp³-hybridized carbons (Fsp3) is 0.600. The summed E-state index contributed by atoms with van der Waals surface area (Å²) in [4.78, 5) is 2.25. The van der Waals surface area contributed by atoms with Gasteiger partial charge in [-0.1, -0.05) is 0 Å². The largest absolute Gasteiger partial charge is 0.372 e. The van der Waals surface area contributed by atoms with Crippen LogP contribution in [0.3, 0.4) is 0 Å². The molecule has 0 atom stereocenters. The number of anilines is 1. The number of benzene rings is 1. The first-order valence-electron chi connectivity index (χ1n) is 6.65. The predicted octanol–water partition coefficient (Wildman–Crippen LogP) is 3.56. The topological polar surface area (TPSA) is 15.3 Å². The van der Waals surface area contributed by atoms with Crippen LogP contribution in [-0.4, -0.2) is 18.6 Å². The number of hydrogen-bond donors (Lipinski definition) is 1. The van der Waals surface area contributed by atoms with E-state index in [9.17, 15) is 4.39 Å². The molecule has 1 N–H and O–H groups in total. The van der Waals surface area contributed by atoms with E-state index in [1.54, 1.807) is 6.07 Å². The second-order valence-corrected chi connectivity index (χ2v) is 5.55. The highest BCUT2D eigenvalue weighted by atomic mass is 19.1. The van der Waals surface area contributed by atoms with E-state index in [4.69, 9.17) is 0 Å². The molecular formula is C15H25FN2. The van der Waals surface area contributed by atoms with Gasteiger partial charge in [0, 0.05) is 30.9 Å². The van der Waals surface area contributed by atoms with Gasteiger partial charge in [0.15, 0.2) is 0 Å². The molecule has 0 spiro atoms. The van der Waals surface area contributed by atoms with E-state index in [-0.39, 0.29) is 11.4 Å². The van der Waals surface area contributed by atoms with Gasteiger partial charge in [-0.05, 0) is 58.4 Å². The second-order valence-electron chi connectivity index (χ2n) is 5.55. The summed E-state index contributed by atoms with van der Waals surface area (Å²) >= 11 is 0. The molecule has 0 radical (unpaired) electrons. The third-order valence-corrected chi connectivity index (χ3v) is 2.95. The zero-order valence-electron chi connectivity index (χ0n) is 12.2. The Morgan fingerprint density at radius 3 is 2.28 bits per heavy atom. The Morgan fingerprint density at radius 2 is 1.78 bits per heavy atom. The molecular weight excluding hydrogens is 227 g/mol. The predicted molar refractivity (Wildman–Crippen MR) is 76.6 cm³/mol. The summed E-state index contributed by atoms with van der Waals surface area (Å²) < 4.78 is 13.4. The third-order valence-electron chi connectivity index (χ3n) is 2.95. The van der Waals surface area contributed by atoms with Crippen molar-refractivity contribution < 1.29 is 4.39 Å². The lowest BCUT2D eigenvalue weighted by Crippen LogP contribution is -2.35. The normalized spacial score (nSPS) is 11.7. The van der Waals surface area contributed by atoms with E-state index in [1.165, 1.54) is 6.07 Å². The van der Waals surface area contributed by atoms with Crippen molar-refractivity contribution in [2.24, 2.45) is 0 Å². The Labute approximate surface area is 110 Å². The average Bonchev–Trinajstić information content (AvgIpc) is 2.29. The van der Waals surface area contributed by atoms with Crippen LogP contribution in [0.4, 0.5) is 10.1 Å². The zero-order valence-corrected chi connectivity index (χ0v) is 12.2. The molecule has 0 saturated heterocycles. The van der Waals surface area contributed by atoms with Gasteiger partial charge in [-0.15, -0.1) is 0 Å². The fourth-order valence-corrected chi connectivity index (χ4v) is 1.93. The number of rotatable bonds is 5. The fourth-order valence-electron chi connectivity index (χ4n) is 1.93. The Balaban J connectivity index is 2.96. The number of nitrogens with zero attached hydrogens (tertiary/aromatic N) is 1.